The van der Waals surface area contributed by atoms with Crippen LogP contribution in [0.5, 0.6) is 0 Å². The number of nitrogens with zero attached hydrogens (tertiary/aromatic N) is 1. The zero-order valence-electron chi connectivity index (χ0n) is 9.28. The lowest BCUT2D eigenvalue weighted by molar-refractivity contribution is 0.0532. The summed E-state index contributed by atoms with van der Waals surface area (Å²) in [6.07, 6.45) is 6.15. The molecule has 3 nitrogen and oxygen atoms in total. The first kappa shape index (κ1) is 12.2. The fourth-order valence-electron chi connectivity index (χ4n) is 1.25. The Morgan fingerprint density at radius 1 is 1.47 bits per heavy atom. The summed E-state index contributed by atoms with van der Waals surface area (Å²) in [5.74, 6) is -0.253. The summed E-state index contributed by atoms with van der Waals surface area (Å²) >= 11 is 1.45. The predicted octanol–water partition coefficient (Wildman–Crippen LogP) is 3.05. The maximum absolute atomic E-state index is 11.3. The second kappa shape index (κ2) is 6.56. The normalized spacial score (nSPS) is 10.3. The first-order chi connectivity index (χ1) is 7.27. The van der Waals surface area contributed by atoms with E-state index in [-0.39, 0.29) is 5.97 Å². The molecule has 0 fully saturated rings. The number of hydrogen-bond donors (Lipinski definition) is 0. The summed E-state index contributed by atoms with van der Waals surface area (Å²) in [5, 5.41) is 1.03. The molecule has 0 N–H and O–H groups in total. The van der Waals surface area contributed by atoms with E-state index in [9.17, 15) is 4.79 Å². The third-order valence-electron chi connectivity index (χ3n) is 2.02. The van der Waals surface area contributed by atoms with Crippen molar-refractivity contribution in [2.24, 2.45) is 0 Å². The van der Waals surface area contributed by atoms with Crippen molar-refractivity contribution in [1.29, 1.82) is 0 Å². The van der Waals surface area contributed by atoms with Crippen molar-refractivity contribution in [3.8, 4) is 0 Å². The van der Waals surface area contributed by atoms with Gasteiger partial charge in [0.15, 0.2) is 0 Å². The average Bonchev–Trinajstić information content (AvgIpc) is 2.67. The van der Waals surface area contributed by atoms with Gasteiger partial charge >= 0.3 is 5.97 Å². The second-order valence-electron chi connectivity index (χ2n) is 3.30. The number of thiazole rings is 1. The van der Waals surface area contributed by atoms with Gasteiger partial charge in [-0.2, -0.15) is 0 Å². The number of esters is 1. The highest BCUT2D eigenvalue weighted by molar-refractivity contribution is 7.13. The van der Waals surface area contributed by atoms with Gasteiger partial charge in [0, 0.05) is 0 Å². The quantitative estimate of drug-likeness (QED) is 0.554. The summed E-state index contributed by atoms with van der Waals surface area (Å²) in [6.45, 7) is 4.40. The van der Waals surface area contributed by atoms with E-state index in [1.165, 1.54) is 24.2 Å². The van der Waals surface area contributed by atoms with E-state index in [0.29, 0.717) is 11.5 Å². The minimum absolute atomic E-state index is 0.253. The van der Waals surface area contributed by atoms with Crippen molar-refractivity contribution >= 4 is 17.3 Å². The minimum Gasteiger partial charge on any atom is -0.462 e. The van der Waals surface area contributed by atoms with Crippen molar-refractivity contribution in [1.82, 2.24) is 4.98 Å². The molecule has 1 aromatic heterocycles. The van der Waals surface area contributed by atoms with Gasteiger partial charge in [-0.3, -0.25) is 0 Å². The molecule has 0 radical (unpaired) electrons. The molecule has 0 atom stereocenters. The van der Waals surface area contributed by atoms with Gasteiger partial charge in [0.05, 0.1) is 17.8 Å². The fourth-order valence-corrected chi connectivity index (χ4v) is 2.10. The Labute approximate surface area is 94.5 Å². The van der Waals surface area contributed by atoms with E-state index in [0.717, 1.165) is 17.8 Å². The maximum atomic E-state index is 11.3. The maximum Gasteiger partial charge on any atom is 0.349 e. The summed E-state index contributed by atoms with van der Waals surface area (Å²) in [4.78, 5) is 16.2. The zero-order chi connectivity index (χ0) is 11.1. The molecule has 0 saturated carbocycles. The lowest BCUT2D eigenvalue weighted by atomic mass is 10.2. The lowest BCUT2D eigenvalue weighted by Gasteiger charge is -1.96. The summed E-state index contributed by atoms with van der Waals surface area (Å²) in [6, 6.07) is 0. The van der Waals surface area contributed by atoms with Crippen LogP contribution < -0.4 is 0 Å². The fraction of sp³-hybridized carbons (Fsp3) is 0.636. The van der Waals surface area contributed by atoms with Crippen LogP contribution in [0.15, 0.2) is 6.20 Å². The third-order valence-corrected chi connectivity index (χ3v) is 3.06. The molecule has 84 valence electrons. The lowest BCUT2D eigenvalue weighted by Crippen LogP contribution is -2.01. The molecule has 0 saturated heterocycles. The Kier molecular flexibility index (Phi) is 5.32. The first-order valence-corrected chi connectivity index (χ1v) is 6.21. The average molecular weight is 227 g/mol. The largest absolute Gasteiger partial charge is 0.462 e. The Hall–Kier alpha value is -0.900. The van der Waals surface area contributed by atoms with Crippen LogP contribution in [0.3, 0.4) is 0 Å². The standard InChI is InChI=1S/C11H17NO2S/c1-3-5-6-7-10-12-8-9(15-10)11(13)14-4-2/h8H,3-7H2,1-2H3. The number of carbonyl (C=O) groups is 1. The molecule has 1 heterocycles. The monoisotopic (exact) mass is 227 g/mol. The van der Waals surface area contributed by atoms with Crippen LogP contribution in [0.4, 0.5) is 0 Å². The van der Waals surface area contributed by atoms with Gasteiger partial charge in [-0.15, -0.1) is 11.3 Å². The predicted molar refractivity (Wildman–Crippen MR) is 61.3 cm³/mol. The number of hydrogen-bond acceptors (Lipinski definition) is 4. The molecule has 0 amide bonds. The van der Waals surface area contributed by atoms with Crippen molar-refractivity contribution in [2.75, 3.05) is 6.61 Å². The van der Waals surface area contributed by atoms with Gasteiger partial charge in [-0.25, -0.2) is 9.78 Å². The number of aryl methyl sites for hydroxylation is 1. The van der Waals surface area contributed by atoms with Gasteiger partial charge in [-0.05, 0) is 19.8 Å². The van der Waals surface area contributed by atoms with Crippen LogP contribution in [0.1, 0.15) is 47.8 Å². The molecule has 0 aliphatic rings. The van der Waals surface area contributed by atoms with Crippen molar-refractivity contribution in [3.05, 3.63) is 16.1 Å². The Morgan fingerprint density at radius 2 is 2.27 bits per heavy atom. The van der Waals surface area contributed by atoms with E-state index in [2.05, 4.69) is 11.9 Å². The van der Waals surface area contributed by atoms with Crippen LogP contribution >= 0.6 is 11.3 Å². The molecule has 0 spiro atoms. The first-order valence-electron chi connectivity index (χ1n) is 5.39. The van der Waals surface area contributed by atoms with E-state index < -0.39 is 0 Å². The molecule has 0 aliphatic heterocycles. The highest BCUT2D eigenvalue weighted by Gasteiger charge is 2.10. The van der Waals surface area contributed by atoms with E-state index in [1.54, 1.807) is 13.1 Å². The minimum atomic E-state index is -0.253. The van der Waals surface area contributed by atoms with Crippen LogP contribution in [-0.2, 0) is 11.2 Å². The summed E-state index contributed by atoms with van der Waals surface area (Å²) in [7, 11) is 0. The molecule has 1 aromatic rings. The number of rotatable bonds is 6. The molecule has 1 rings (SSSR count). The Balaban J connectivity index is 2.45. The van der Waals surface area contributed by atoms with Gasteiger partial charge in [-0.1, -0.05) is 19.8 Å². The Bertz CT molecular complexity index is 309. The van der Waals surface area contributed by atoms with E-state index in [4.69, 9.17) is 4.74 Å². The third kappa shape index (κ3) is 4.00. The smallest absolute Gasteiger partial charge is 0.349 e. The van der Waals surface area contributed by atoms with Gasteiger partial charge < -0.3 is 4.74 Å². The zero-order valence-corrected chi connectivity index (χ0v) is 10.1. The van der Waals surface area contributed by atoms with Crippen molar-refractivity contribution in [2.45, 2.75) is 39.5 Å². The summed E-state index contributed by atoms with van der Waals surface area (Å²) in [5.41, 5.74) is 0. The van der Waals surface area contributed by atoms with Gasteiger partial charge in [0.25, 0.3) is 0 Å². The number of carbonyl (C=O) groups excluding carboxylic acids is 1. The van der Waals surface area contributed by atoms with Crippen molar-refractivity contribution in [3.63, 3.8) is 0 Å². The van der Waals surface area contributed by atoms with Gasteiger partial charge in [0.2, 0.25) is 0 Å². The SMILES string of the molecule is CCCCCc1ncc(C(=O)OCC)s1. The highest BCUT2D eigenvalue weighted by Crippen LogP contribution is 2.16. The van der Waals surface area contributed by atoms with Crippen LogP contribution in [0, 0.1) is 0 Å². The molecule has 0 bridgehead atoms. The van der Waals surface area contributed by atoms with Crippen LogP contribution in [-0.4, -0.2) is 17.6 Å². The molecule has 15 heavy (non-hydrogen) atoms. The molecule has 0 unspecified atom stereocenters. The number of ether oxygens (including phenoxy) is 1. The topological polar surface area (TPSA) is 39.2 Å². The van der Waals surface area contributed by atoms with Crippen LogP contribution in [0.25, 0.3) is 0 Å². The van der Waals surface area contributed by atoms with E-state index >= 15 is 0 Å². The highest BCUT2D eigenvalue weighted by atomic mass is 32.1. The second-order valence-corrected chi connectivity index (χ2v) is 4.41. The number of aromatic nitrogens is 1. The van der Waals surface area contributed by atoms with Gasteiger partial charge in [0.1, 0.15) is 4.88 Å². The molecule has 4 heteroatoms. The molecular weight excluding hydrogens is 210 g/mol. The molecule has 0 aromatic carbocycles. The molecule has 0 aliphatic carbocycles. The summed E-state index contributed by atoms with van der Waals surface area (Å²) < 4.78 is 4.90. The molecular formula is C11H17NO2S. The Morgan fingerprint density at radius 3 is 2.93 bits per heavy atom. The van der Waals surface area contributed by atoms with Crippen molar-refractivity contribution < 1.29 is 9.53 Å². The van der Waals surface area contributed by atoms with E-state index in [1.807, 2.05) is 0 Å². The van der Waals surface area contributed by atoms with Crippen LogP contribution in [0.2, 0.25) is 0 Å². The number of unbranched alkanes of at least 4 members (excludes halogenated alkanes) is 2.